The fourth-order valence-corrected chi connectivity index (χ4v) is 1.16. The number of carbonyl (C=O) groups is 1. The molecule has 7 heteroatoms. The quantitative estimate of drug-likeness (QED) is 0.648. The van der Waals surface area contributed by atoms with E-state index in [1.807, 2.05) is 0 Å². The largest absolute Gasteiger partial charge is 0.370 e. The molecule has 90 valence electrons. The molecule has 16 heavy (non-hydrogen) atoms. The highest BCUT2D eigenvalue weighted by Crippen LogP contribution is 1.95. The van der Waals surface area contributed by atoms with Crippen LogP contribution >= 0.6 is 0 Å². The first kappa shape index (κ1) is 12.6. The van der Waals surface area contributed by atoms with Crippen molar-refractivity contribution in [1.29, 1.82) is 0 Å². The molecule has 1 aromatic rings. The van der Waals surface area contributed by atoms with Crippen LogP contribution in [-0.2, 0) is 16.0 Å². The fraction of sp³-hybridized carbons (Fsp3) is 0.667. The molecule has 0 fully saturated rings. The molecule has 1 aromatic heterocycles. The Bertz CT molecular complexity index is 335. The number of aryl methyl sites for hydroxylation is 1. The minimum absolute atomic E-state index is 0.156. The second kappa shape index (κ2) is 6.19. The molecule has 0 aromatic carbocycles. The molecule has 0 aliphatic carbocycles. The first-order valence-electron chi connectivity index (χ1n) is 4.97. The summed E-state index contributed by atoms with van der Waals surface area (Å²) in [6.07, 6.45) is -0.0867. The third-order valence-corrected chi connectivity index (χ3v) is 2.01. The number of nitrogens with two attached hydrogens (primary N) is 1. The van der Waals surface area contributed by atoms with Gasteiger partial charge in [0, 0.05) is 33.5 Å². The van der Waals surface area contributed by atoms with Gasteiger partial charge in [-0.1, -0.05) is 5.16 Å². The van der Waals surface area contributed by atoms with Gasteiger partial charge in [0.2, 0.25) is 11.8 Å². The molecule has 3 N–H and O–H groups in total. The standard InChI is InChI=1S/C9H16N4O3/c1-6-12-8(13-16-6)3-4-11-9(14)7(5-10)15-2/h7H,3-5,10H2,1-2H3,(H,11,14). The van der Waals surface area contributed by atoms with Crippen molar-refractivity contribution in [3.8, 4) is 0 Å². The number of aromatic nitrogens is 2. The zero-order valence-electron chi connectivity index (χ0n) is 9.40. The minimum atomic E-state index is -0.605. The van der Waals surface area contributed by atoms with Gasteiger partial charge in [0.05, 0.1) is 0 Å². The van der Waals surface area contributed by atoms with Crippen molar-refractivity contribution in [2.24, 2.45) is 5.73 Å². The molecule has 1 unspecified atom stereocenters. The molecule has 1 atom stereocenters. The van der Waals surface area contributed by atoms with Crippen LogP contribution in [0.3, 0.4) is 0 Å². The number of amides is 1. The molecule has 0 saturated heterocycles. The van der Waals surface area contributed by atoms with Crippen molar-refractivity contribution in [2.45, 2.75) is 19.4 Å². The van der Waals surface area contributed by atoms with Crippen molar-refractivity contribution in [3.63, 3.8) is 0 Å². The summed E-state index contributed by atoms with van der Waals surface area (Å²) in [5.41, 5.74) is 5.34. The zero-order valence-corrected chi connectivity index (χ0v) is 9.40. The van der Waals surface area contributed by atoms with Gasteiger partial charge in [0.1, 0.15) is 6.10 Å². The number of nitrogens with zero attached hydrogens (tertiary/aromatic N) is 2. The number of hydrogen-bond donors (Lipinski definition) is 2. The van der Waals surface area contributed by atoms with Crippen LogP contribution < -0.4 is 11.1 Å². The summed E-state index contributed by atoms with van der Waals surface area (Å²) in [5.74, 6) is 0.850. The first-order chi connectivity index (χ1) is 7.67. The Labute approximate surface area is 93.3 Å². The molecule has 0 aliphatic rings. The summed E-state index contributed by atoms with van der Waals surface area (Å²) in [4.78, 5) is 15.4. The molecule has 0 bridgehead atoms. The van der Waals surface area contributed by atoms with E-state index in [0.717, 1.165) is 0 Å². The van der Waals surface area contributed by atoms with Crippen LogP contribution in [0, 0.1) is 6.92 Å². The van der Waals surface area contributed by atoms with Gasteiger partial charge >= 0.3 is 0 Å². The van der Waals surface area contributed by atoms with Crippen LogP contribution in [-0.4, -0.2) is 42.4 Å². The Hall–Kier alpha value is -1.47. The number of ether oxygens (including phenoxy) is 1. The maximum absolute atomic E-state index is 11.4. The average molecular weight is 228 g/mol. The molecule has 1 rings (SSSR count). The van der Waals surface area contributed by atoms with E-state index in [9.17, 15) is 4.79 Å². The molecular formula is C9H16N4O3. The van der Waals surface area contributed by atoms with Gasteiger partial charge in [0.15, 0.2) is 5.82 Å². The van der Waals surface area contributed by atoms with Crippen LogP contribution in [0.2, 0.25) is 0 Å². The molecule has 0 saturated carbocycles. The topological polar surface area (TPSA) is 103 Å². The monoisotopic (exact) mass is 228 g/mol. The third-order valence-electron chi connectivity index (χ3n) is 2.01. The molecular weight excluding hydrogens is 212 g/mol. The Morgan fingerprint density at radius 3 is 2.94 bits per heavy atom. The number of carbonyl (C=O) groups excluding carboxylic acids is 1. The van der Waals surface area contributed by atoms with E-state index in [-0.39, 0.29) is 12.5 Å². The number of nitrogens with one attached hydrogen (secondary N) is 1. The zero-order chi connectivity index (χ0) is 12.0. The Kier molecular flexibility index (Phi) is 4.87. The van der Waals surface area contributed by atoms with Gasteiger partial charge in [0.25, 0.3) is 0 Å². The number of rotatable bonds is 6. The van der Waals surface area contributed by atoms with Crippen LogP contribution in [0.5, 0.6) is 0 Å². The highest BCUT2D eigenvalue weighted by Gasteiger charge is 2.14. The van der Waals surface area contributed by atoms with Crippen LogP contribution in [0.15, 0.2) is 4.52 Å². The highest BCUT2D eigenvalue weighted by molar-refractivity contribution is 5.80. The van der Waals surface area contributed by atoms with Gasteiger partial charge < -0.3 is 20.3 Å². The summed E-state index contributed by atoms with van der Waals surface area (Å²) in [7, 11) is 1.44. The average Bonchev–Trinajstić information content (AvgIpc) is 2.66. The smallest absolute Gasteiger partial charge is 0.250 e. The second-order valence-corrected chi connectivity index (χ2v) is 3.23. The van der Waals surface area contributed by atoms with E-state index >= 15 is 0 Å². The molecule has 1 amide bonds. The van der Waals surface area contributed by atoms with Crippen LogP contribution in [0.4, 0.5) is 0 Å². The van der Waals surface area contributed by atoms with Crippen molar-refractivity contribution in [2.75, 3.05) is 20.2 Å². The molecule has 0 spiro atoms. The fourth-order valence-electron chi connectivity index (χ4n) is 1.16. The lowest BCUT2D eigenvalue weighted by molar-refractivity contribution is -0.130. The second-order valence-electron chi connectivity index (χ2n) is 3.23. The van der Waals surface area contributed by atoms with Crippen molar-refractivity contribution in [1.82, 2.24) is 15.5 Å². The summed E-state index contributed by atoms with van der Waals surface area (Å²) in [6, 6.07) is 0. The lowest BCUT2D eigenvalue weighted by atomic mass is 10.3. The number of hydrogen-bond acceptors (Lipinski definition) is 6. The van der Waals surface area contributed by atoms with E-state index < -0.39 is 6.10 Å². The SMILES string of the molecule is COC(CN)C(=O)NCCc1noc(C)n1. The number of methoxy groups -OCH3 is 1. The predicted octanol–water partition coefficient (Wildman–Crippen LogP) is -0.990. The van der Waals surface area contributed by atoms with Crippen LogP contribution in [0.25, 0.3) is 0 Å². The van der Waals surface area contributed by atoms with E-state index in [2.05, 4.69) is 15.5 Å². The van der Waals surface area contributed by atoms with Gasteiger partial charge in [-0.05, 0) is 0 Å². The van der Waals surface area contributed by atoms with Gasteiger partial charge in [-0.15, -0.1) is 0 Å². The van der Waals surface area contributed by atoms with Gasteiger partial charge in [-0.3, -0.25) is 4.79 Å². The highest BCUT2D eigenvalue weighted by atomic mass is 16.5. The van der Waals surface area contributed by atoms with E-state index in [1.54, 1.807) is 6.92 Å². The van der Waals surface area contributed by atoms with Crippen molar-refractivity contribution >= 4 is 5.91 Å². The van der Waals surface area contributed by atoms with Crippen LogP contribution in [0.1, 0.15) is 11.7 Å². The first-order valence-corrected chi connectivity index (χ1v) is 4.97. The predicted molar refractivity (Wildman–Crippen MR) is 55.6 cm³/mol. The molecule has 0 aliphatic heterocycles. The normalized spacial score (nSPS) is 12.4. The summed E-state index contributed by atoms with van der Waals surface area (Å²) in [6.45, 7) is 2.30. The Morgan fingerprint density at radius 1 is 1.69 bits per heavy atom. The maximum atomic E-state index is 11.4. The van der Waals surface area contributed by atoms with E-state index in [0.29, 0.717) is 24.7 Å². The van der Waals surface area contributed by atoms with Gasteiger partial charge in [-0.2, -0.15) is 4.98 Å². The molecule has 7 nitrogen and oxygen atoms in total. The summed E-state index contributed by atoms with van der Waals surface area (Å²) in [5, 5.41) is 6.38. The summed E-state index contributed by atoms with van der Waals surface area (Å²) < 4.78 is 9.67. The molecule has 1 heterocycles. The van der Waals surface area contributed by atoms with Gasteiger partial charge in [-0.25, -0.2) is 0 Å². The Morgan fingerprint density at radius 2 is 2.44 bits per heavy atom. The maximum Gasteiger partial charge on any atom is 0.250 e. The lowest BCUT2D eigenvalue weighted by Crippen LogP contribution is -2.41. The minimum Gasteiger partial charge on any atom is -0.370 e. The van der Waals surface area contributed by atoms with E-state index in [1.165, 1.54) is 7.11 Å². The van der Waals surface area contributed by atoms with Crippen molar-refractivity contribution < 1.29 is 14.1 Å². The van der Waals surface area contributed by atoms with E-state index in [4.69, 9.17) is 15.0 Å². The van der Waals surface area contributed by atoms with Crippen molar-refractivity contribution in [3.05, 3.63) is 11.7 Å². The Balaban J connectivity index is 2.27. The lowest BCUT2D eigenvalue weighted by Gasteiger charge is -2.12. The summed E-state index contributed by atoms with van der Waals surface area (Å²) >= 11 is 0. The third kappa shape index (κ3) is 3.59. The molecule has 0 radical (unpaired) electrons.